The minimum atomic E-state index is 0.225. The summed E-state index contributed by atoms with van der Waals surface area (Å²) >= 11 is 0. The van der Waals surface area contributed by atoms with E-state index in [-0.39, 0.29) is 6.04 Å². The van der Waals surface area contributed by atoms with Crippen LogP contribution in [0.25, 0.3) is 5.69 Å². The standard InChI is InChI=1S/C20H20N2/c1-14-9-10-17(15(2)12-14)20-19-8-5-11-22(19)18-7-4-3-6-16(18)13-21-20/h3-12,20-21H,13H2,1-2H3/t20-/m0/s1. The van der Waals surface area contributed by atoms with Crippen LogP contribution in [-0.2, 0) is 6.54 Å². The van der Waals surface area contributed by atoms with Crippen LogP contribution in [0.3, 0.4) is 0 Å². The molecular formula is C20H20N2. The number of nitrogens with zero attached hydrogens (tertiary/aromatic N) is 1. The van der Waals surface area contributed by atoms with E-state index in [1.165, 1.54) is 33.6 Å². The third-order valence-corrected chi connectivity index (χ3v) is 4.56. The highest BCUT2D eigenvalue weighted by atomic mass is 15.1. The Kier molecular flexibility index (Phi) is 3.12. The van der Waals surface area contributed by atoms with E-state index in [2.05, 4.69) is 84.5 Å². The molecule has 2 nitrogen and oxygen atoms in total. The number of fused-ring (bicyclic) bond motifs is 3. The van der Waals surface area contributed by atoms with E-state index in [9.17, 15) is 0 Å². The molecule has 2 heterocycles. The first-order valence-corrected chi connectivity index (χ1v) is 7.80. The SMILES string of the molecule is Cc1ccc([C@@H]2NCc3ccccc3-n3cccc32)c(C)c1. The van der Waals surface area contributed by atoms with Gasteiger partial charge in [-0.3, -0.25) is 0 Å². The fraction of sp³-hybridized carbons (Fsp3) is 0.200. The summed E-state index contributed by atoms with van der Waals surface area (Å²) in [6.45, 7) is 5.24. The number of hydrogen-bond acceptors (Lipinski definition) is 1. The van der Waals surface area contributed by atoms with Gasteiger partial charge in [0.1, 0.15) is 0 Å². The van der Waals surface area contributed by atoms with E-state index in [1.807, 2.05) is 0 Å². The Hall–Kier alpha value is -2.32. The first-order chi connectivity index (χ1) is 10.7. The zero-order valence-electron chi connectivity index (χ0n) is 13.0. The van der Waals surface area contributed by atoms with Crippen LogP contribution in [0.2, 0.25) is 0 Å². The van der Waals surface area contributed by atoms with Gasteiger partial charge in [0.25, 0.3) is 0 Å². The van der Waals surface area contributed by atoms with Gasteiger partial charge in [-0.05, 0) is 48.7 Å². The van der Waals surface area contributed by atoms with Crippen molar-refractivity contribution >= 4 is 0 Å². The van der Waals surface area contributed by atoms with Gasteiger partial charge >= 0.3 is 0 Å². The van der Waals surface area contributed by atoms with E-state index in [1.54, 1.807) is 0 Å². The summed E-state index contributed by atoms with van der Waals surface area (Å²) in [4.78, 5) is 0. The summed E-state index contributed by atoms with van der Waals surface area (Å²) in [6.07, 6.45) is 2.16. The fourth-order valence-electron chi connectivity index (χ4n) is 3.48. The molecule has 1 aromatic heterocycles. The predicted octanol–water partition coefficient (Wildman–Crippen LogP) is 4.29. The molecule has 0 fully saturated rings. The molecule has 3 aromatic rings. The van der Waals surface area contributed by atoms with E-state index < -0.39 is 0 Å². The minimum Gasteiger partial charge on any atom is -0.319 e. The monoisotopic (exact) mass is 288 g/mol. The van der Waals surface area contributed by atoms with Crippen molar-refractivity contribution in [2.24, 2.45) is 0 Å². The summed E-state index contributed by atoms with van der Waals surface area (Å²) < 4.78 is 2.32. The highest BCUT2D eigenvalue weighted by molar-refractivity contribution is 5.47. The van der Waals surface area contributed by atoms with Crippen LogP contribution >= 0.6 is 0 Å². The van der Waals surface area contributed by atoms with Crippen molar-refractivity contribution in [3.8, 4) is 5.69 Å². The highest BCUT2D eigenvalue weighted by Crippen LogP contribution is 2.31. The van der Waals surface area contributed by atoms with Crippen molar-refractivity contribution in [1.29, 1.82) is 0 Å². The lowest BCUT2D eigenvalue weighted by Crippen LogP contribution is -2.22. The second-order valence-corrected chi connectivity index (χ2v) is 6.11. The van der Waals surface area contributed by atoms with Crippen LogP contribution in [0, 0.1) is 13.8 Å². The lowest BCUT2D eigenvalue weighted by Gasteiger charge is -2.20. The van der Waals surface area contributed by atoms with Crippen LogP contribution in [0.4, 0.5) is 0 Å². The second kappa shape index (κ2) is 5.15. The van der Waals surface area contributed by atoms with Gasteiger partial charge in [0.15, 0.2) is 0 Å². The largest absolute Gasteiger partial charge is 0.319 e. The summed E-state index contributed by atoms with van der Waals surface area (Å²) in [5, 5.41) is 3.74. The molecule has 0 aliphatic carbocycles. The molecule has 0 saturated carbocycles. The van der Waals surface area contributed by atoms with Crippen molar-refractivity contribution in [2.75, 3.05) is 0 Å². The van der Waals surface area contributed by atoms with E-state index in [4.69, 9.17) is 0 Å². The molecule has 0 spiro atoms. The summed E-state index contributed by atoms with van der Waals surface area (Å²) in [5.41, 5.74) is 7.94. The van der Waals surface area contributed by atoms with Crippen LogP contribution < -0.4 is 5.32 Å². The summed E-state index contributed by atoms with van der Waals surface area (Å²) in [5.74, 6) is 0. The van der Waals surface area contributed by atoms with Crippen LogP contribution in [-0.4, -0.2) is 4.57 Å². The van der Waals surface area contributed by atoms with Crippen molar-refractivity contribution in [3.63, 3.8) is 0 Å². The number of benzene rings is 2. The van der Waals surface area contributed by atoms with Crippen LogP contribution in [0.5, 0.6) is 0 Å². The van der Waals surface area contributed by atoms with Gasteiger partial charge in [-0.1, -0.05) is 42.0 Å². The number of nitrogens with one attached hydrogen (secondary N) is 1. The van der Waals surface area contributed by atoms with Gasteiger partial charge in [0.2, 0.25) is 0 Å². The Labute approximate surface area is 131 Å². The number of aryl methyl sites for hydroxylation is 2. The Balaban J connectivity index is 1.88. The number of rotatable bonds is 1. The van der Waals surface area contributed by atoms with Gasteiger partial charge in [0.05, 0.1) is 6.04 Å². The summed E-state index contributed by atoms with van der Waals surface area (Å²) in [7, 11) is 0. The molecule has 110 valence electrons. The van der Waals surface area contributed by atoms with Gasteiger partial charge in [0, 0.05) is 24.1 Å². The molecule has 1 aliphatic heterocycles. The average Bonchev–Trinajstić information content (AvgIpc) is 2.93. The molecule has 0 saturated heterocycles. The number of aromatic nitrogens is 1. The third kappa shape index (κ3) is 2.08. The molecule has 2 heteroatoms. The first kappa shape index (κ1) is 13.4. The lowest BCUT2D eigenvalue weighted by molar-refractivity contribution is 0.598. The van der Waals surface area contributed by atoms with E-state index >= 15 is 0 Å². The maximum Gasteiger partial charge on any atom is 0.0740 e. The Morgan fingerprint density at radius 2 is 1.86 bits per heavy atom. The number of hydrogen-bond donors (Lipinski definition) is 1. The molecule has 1 atom stereocenters. The smallest absolute Gasteiger partial charge is 0.0740 e. The molecule has 0 unspecified atom stereocenters. The normalized spacial score (nSPS) is 16.7. The Morgan fingerprint density at radius 1 is 1.00 bits per heavy atom. The zero-order chi connectivity index (χ0) is 15.1. The van der Waals surface area contributed by atoms with Crippen molar-refractivity contribution in [1.82, 2.24) is 9.88 Å². The molecule has 1 N–H and O–H groups in total. The van der Waals surface area contributed by atoms with Crippen LogP contribution in [0.1, 0.15) is 34.0 Å². The third-order valence-electron chi connectivity index (χ3n) is 4.56. The van der Waals surface area contributed by atoms with Crippen molar-refractivity contribution in [3.05, 3.63) is 88.7 Å². The maximum absolute atomic E-state index is 3.74. The van der Waals surface area contributed by atoms with Gasteiger partial charge in [-0.2, -0.15) is 0 Å². The van der Waals surface area contributed by atoms with Crippen molar-refractivity contribution in [2.45, 2.75) is 26.4 Å². The minimum absolute atomic E-state index is 0.225. The zero-order valence-corrected chi connectivity index (χ0v) is 13.0. The first-order valence-electron chi connectivity index (χ1n) is 7.80. The quantitative estimate of drug-likeness (QED) is 0.707. The average molecular weight is 288 g/mol. The van der Waals surface area contributed by atoms with E-state index in [0.717, 1.165) is 6.54 Å². The summed E-state index contributed by atoms with van der Waals surface area (Å²) in [6, 6.07) is 19.9. The lowest BCUT2D eigenvalue weighted by atomic mass is 9.97. The molecule has 0 amide bonds. The molecular weight excluding hydrogens is 268 g/mol. The van der Waals surface area contributed by atoms with Gasteiger partial charge < -0.3 is 9.88 Å². The molecule has 22 heavy (non-hydrogen) atoms. The number of para-hydroxylation sites is 1. The second-order valence-electron chi connectivity index (χ2n) is 6.11. The Bertz CT molecular complexity index is 829. The molecule has 1 aliphatic rings. The molecule has 4 rings (SSSR count). The topological polar surface area (TPSA) is 17.0 Å². The van der Waals surface area contributed by atoms with E-state index in [0.29, 0.717) is 0 Å². The molecule has 2 aromatic carbocycles. The fourth-order valence-corrected chi connectivity index (χ4v) is 3.48. The van der Waals surface area contributed by atoms with Gasteiger partial charge in [-0.15, -0.1) is 0 Å². The Morgan fingerprint density at radius 3 is 2.73 bits per heavy atom. The highest BCUT2D eigenvalue weighted by Gasteiger charge is 2.23. The maximum atomic E-state index is 3.74. The predicted molar refractivity (Wildman–Crippen MR) is 90.4 cm³/mol. The van der Waals surface area contributed by atoms with Crippen molar-refractivity contribution < 1.29 is 0 Å². The van der Waals surface area contributed by atoms with Crippen LogP contribution in [0.15, 0.2) is 60.8 Å². The molecule has 0 radical (unpaired) electrons. The van der Waals surface area contributed by atoms with Gasteiger partial charge in [-0.25, -0.2) is 0 Å². The molecule has 0 bridgehead atoms.